The smallest absolute Gasteiger partial charge is 0.335 e. The van der Waals surface area contributed by atoms with Crippen molar-refractivity contribution in [3.63, 3.8) is 0 Å². The van der Waals surface area contributed by atoms with Crippen LogP contribution in [-0.4, -0.2) is 19.5 Å². The third kappa shape index (κ3) is 3.44. The van der Waals surface area contributed by atoms with Gasteiger partial charge in [-0.2, -0.15) is 0 Å². The highest BCUT2D eigenvalue weighted by atomic mass is 35.7. The van der Waals surface area contributed by atoms with E-state index in [2.05, 4.69) is 0 Å². The van der Waals surface area contributed by atoms with Crippen LogP contribution in [0.25, 0.3) is 0 Å². The molecule has 1 aromatic carbocycles. The first-order chi connectivity index (χ1) is 7.51. The molecule has 1 N–H and O–H groups in total. The van der Waals surface area contributed by atoms with Gasteiger partial charge in [-0.1, -0.05) is 20.8 Å². The van der Waals surface area contributed by atoms with Crippen molar-refractivity contribution in [3.05, 3.63) is 29.3 Å². The van der Waals surface area contributed by atoms with Crippen molar-refractivity contribution < 1.29 is 18.3 Å². The molecule has 0 spiro atoms. The lowest BCUT2D eigenvalue weighted by molar-refractivity contribution is 0.0696. The highest BCUT2D eigenvalue weighted by Gasteiger charge is 2.21. The van der Waals surface area contributed by atoms with E-state index in [1.165, 1.54) is 12.1 Å². The maximum absolute atomic E-state index is 11.3. The zero-order valence-corrected chi connectivity index (χ0v) is 11.3. The van der Waals surface area contributed by atoms with Crippen LogP contribution in [0.3, 0.4) is 0 Å². The molecule has 1 aromatic rings. The second kappa shape index (κ2) is 4.31. The van der Waals surface area contributed by atoms with Gasteiger partial charge in [-0.15, -0.1) is 0 Å². The molecule has 0 amide bonds. The second-order valence-electron chi connectivity index (χ2n) is 4.74. The van der Waals surface area contributed by atoms with E-state index in [1.807, 2.05) is 20.8 Å². The molecule has 94 valence electrons. The van der Waals surface area contributed by atoms with Crippen LogP contribution in [0.15, 0.2) is 23.1 Å². The van der Waals surface area contributed by atoms with Crippen LogP contribution in [-0.2, 0) is 14.5 Å². The Bertz CT molecular complexity index is 555. The van der Waals surface area contributed by atoms with Crippen LogP contribution in [0.1, 0.15) is 36.7 Å². The van der Waals surface area contributed by atoms with E-state index >= 15 is 0 Å². The maximum Gasteiger partial charge on any atom is 0.335 e. The number of carbonyl (C=O) groups is 1. The van der Waals surface area contributed by atoms with Gasteiger partial charge in [0.15, 0.2) is 0 Å². The molecule has 17 heavy (non-hydrogen) atoms. The molecule has 0 saturated carbocycles. The van der Waals surface area contributed by atoms with E-state index in [1.54, 1.807) is 0 Å². The van der Waals surface area contributed by atoms with Gasteiger partial charge in [-0.05, 0) is 29.2 Å². The number of rotatable bonds is 2. The Morgan fingerprint density at radius 1 is 1.24 bits per heavy atom. The average Bonchev–Trinajstić information content (AvgIpc) is 2.14. The molecule has 0 aromatic heterocycles. The van der Waals surface area contributed by atoms with Gasteiger partial charge in [0.05, 0.1) is 10.5 Å². The SMILES string of the molecule is CC(C)(C)c1cc(C(=O)O)cc(S(=O)(=O)Cl)c1. The summed E-state index contributed by atoms with van der Waals surface area (Å²) in [5, 5.41) is 8.93. The molecular formula is C11H13ClO4S. The van der Waals surface area contributed by atoms with Crippen molar-refractivity contribution in [2.45, 2.75) is 31.1 Å². The Morgan fingerprint density at radius 3 is 2.12 bits per heavy atom. The quantitative estimate of drug-likeness (QED) is 0.843. The summed E-state index contributed by atoms with van der Waals surface area (Å²) in [4.78, 5) is 10.7. The highest BCUT2D eigenvalue weighted by molar-refractivity contribution is 8.13. The molecule has 0 fully saturated rings. The summed E-state index contributed by atoms with van der Waals surface area (Å²) in [7, 11) is 1.30. The number of aromatic carboxylic acids is 1. The van der Waals surface area contributed by atoms with Crippen LogP contribution in [0, 0.1) is 0 Å². The minimum Gasteiger partial charge on any atom is -0.478 e. The molecule has 0 heterocycles. The van der Waals surface area contributed by atoms with Crippen LogP contribution >= 0.6 is 10.7 Å². The van der Waals surface area contributed by atoms with Gasteiger partial charge in [-0.25, -0.2) is 13.2 Å². The van der Waals surface area contributed by atoms with E-state index in [9.17, 15) is 13.2 Å². The zero-order chi connectivity index (χ0) is 13.4. The molecule has 0 aliphatic rings. The monoisotopic (exact) mass is 276 g/mol. The Morgan fingerprint density at radius 2 is 1.76 bits per heavy atom. The fourth-order valence-corrected chi connectivity index (χ4v) is 2.10. The molecule has 4 nitrogen and oxygen atoms in total. The number of carboxylic acid groups (broad SMARTS) is 1. The van der Waals surface area contributed by atoms with Gasteiger partial charge < -0.3 is 5.11 Å². The number of halogens is 1. The Kier molecular flexibility index (Phi) is 3.55. The topological polar surface area (TPSA) is 71.4 Å². The first kappa shape index (κ1) is 14.0. The average molecular weight is 277 g/mol. The standard InChI is InChI=1S/C11H13ClO4S/c1-11(2,3)8-4-7(10(13)14)5-9(6-8)17(12,15)16/h4-6H,1-3H3,(H,13,14). The predicted molar refractivity (Wildman–Crippen MR) is 65.1 cm³/mol. The number of carboxylic acids is 1. The fourth-order valence-electron chi connectivity index (χ4n) is 1.30. The normalized spacial score (nSPS) is 12.5. The number of hydrogen-bond acceptors (Lipinski definition) is 3. The summed E-state index contributed by atoms with van der Waals surface area (Å²) >= 11 is 0. The van der Waals surface area contributed by atoms with Crippen molar-refractivity contribution >= 4 is 25.7 Å². The molecule has 0 aliphatic heterocycles. The third-order valence-corrected chi connectivity index (χ3v) is 3.63. The van der Waals surface area contributed by atoms with Gasteiger partial charge >= 0.3 is 5.97 Å². The van der Waals surface area contributed by atoms with Gasteiger partial charge in [-0.3, -0.25) is 0 Å². The molecule has 1 rings (SSSR count). The maximum atomic E-state index is 11.3. The zero-order valence-electron chi connectivity index (χ0n) is 9.69. The highest BCUT2D eigenvalue weighted by Crippen LogP contribution is 2.27. The first-order valence-electron chi connectivity index (χ1n) is 4.85. The summed E-state index contributed by atoms with van der Waals surface area (Å²) in [5.74, 6) is -1.18. The van der Waals surface area contributed by atoms with Crippen molar-refractivity contribution in [2.75, 3.05) is 0 Å². The molecular weight excluding hydrogens is 264 g/mol. The number of hydrogen-bond donors (Lipinski definition) is 1. The molecule has 0 atom stereocenters. The summed E-state index contributed by atoms with van der Waals surface area (Å²) in [6, 6.07) is 3.91. The van der Waals surface area contributed by atoms with Crippen molar-refractivity contribution in [1.82, 2.24) is 0 Å². The van der Waals surface area contributed by atoms with Crippen LogP contribution in [0.4, 0.5) is 0 Å². The van der Waals surface area contributed by atoms with Gasteiger partial charge in [0, 0.05) is 10.7 Å². The molecule has 0 bridgehead atoms. The minimum atomic E-state index is -3.93. The van der Waals surface area contributed by atoms with E-state index in [-0.39, 0.29) is 15.9 Å². The Balaban J connectivity index is 3.56. The van der Waals surface area contributed by atoms with E-state index in [0.29, 0.717) is 5.56 Å². The summed E-state index contributed by atoms with van der Waals surface area (Å²) in [5.41, 5.74) is 0.162. The van der Waals surface area contributed by atoms with Gasteiger partial charge in [0.2, 0.25) is 0 Å². The van der Waals surface area contributed by atoms with Crippen molar-refractivity contribution in [1.29, 1.82) is 0 Å². The Labute approximate surface area is 105 Å². The molecule has 0 saturated heterocycles. The minimum absolute atomic E-state index is 0.0864. The van der Waals surface area contributed by atoms with E-state index in [4.69, 9.17) is 15.8 Å². The largest absolute Gasteiger partial charge is 0.478 e. The molecule has 6 heteroatoms. The lowest BCUT2D eigenvalue weighted by atomic mass is 9.86. The fraction of sp³-hybridized carbons (Fsp3) is 0.364. The summed E-state index contributed by atoms with van der Waals surface area (Å²) < 4.78 is 22.5. The Hall–Kier alpha value is -1.07. The molecule has 0 unspecified atom stereocenters. The van der Waals surface area contributed by atoms with Gasteiger partial charge in [0.1, 0.15) is 0 Å². The van der Waals surface area contributed by atoms with Crippen molar-refractivity contribution in [3.8, 4) is 0 Å². The van der Waals surface area contributed by atoms with Crippen LogP contribution in [0.5, 0.6) is 0 Å². The van der Waals surface area contributed by atoms with Crippen molar-refractivity contribution in [2.24, 2.45) is 0 Å². The van der Waals surface area contributed by atoms with Gasteiger partial charge in [0.25, 0.3) is 9.05 Å². The number of benzene rings is 1. The first-order valence-corrected chi connectivity index (χ1v) is 7.16. The van der Waals surface area contributed by atoms with E-state index in [0.717, 1.165) is 6.07 Å². The summed E-state index contributed by atoms with van der Waals surface area (Å²) in [6.07, 6.45) is 0. The second-order valence-corrected chi connectivity index (χ2v) is 7.31. The predicted octanol–water partition coefficient (Wildman–Crippen LogP) is 2.61. The lowest BCUT2D eigenvalue weighted by Crippen LogP contribution is -2.13. The van der Waals surface area contributed by atoms with Crippen LogP contribution < -0.4 is 0 Å². The lowest BCUT2D eigenvalue weighted by Gasteiger charge is -2.20. The van der Waals surface area contributed by atoms with E-state index < -0.39 is 15.0 Å². The molecule has 0 aliphatic carbocycles. The molecule has 0 radical (unpaired) electrons. The summed E-state index contributed by atoms with van der Waals surface area (Å²) in [6.45, 7) is 5.58. The third-order valence-electron chi connectivity index (χ3n) is 2.30. The van der Waals surface area contributed by atoms with Crippen LogP contribution in [0.2, 0.25) is 0 Å².